The fourth-order valence-electron chi connectivity index (χ4n) is 4.71. The van der Waals surface area contributed by atoms with E-state index in [1.54, 1.807) is 12.1 Å². The molecule has 4 aromatic rings. The van der Waals surface area contributed by atoms with Crippen LogP contribution in [0.4, 0.5) is 10.2 Å². The van der Waals surface area contributed by atoms with Gasteiger partial charge in [0.25, 0.3) is 5.91 Å². The molecule has 5 rings (SSSR count). The molecule has 0 spiro atoms. The lowest BCUT2D eigenvalue weighted by Crippen LogP contribution is -2.34. The van der Waals surface area contributed by atoms with Gasteiger partial charge >= 0.3 is 0 Å². The number of para-hydroxylation sites is 1. The van der Waals surface area contributed by atoms with Gasteiger partial charge in [0, 0.05) is 25.0 Å². The quantitative estimate of drug-likeness (QED) is 0.358. The number of amides is 1. The van der Waals surface area contributed by atoms with Gasteiger partial charge < -0.3 is 15.0 Å². The number of hydrogen-bond acceptors (Lipinski definition) is 4. The summed E-state index contributed by atoms with van der Waals surface area (Å²) in [6, 6.07) is 26.6. The minimum Gasteiger partial charge on any atom is -0.481 e. The smallest absolute Gasteiger partial charge is 0.258 e. The molecule has 1 aliphatic heterocycles. The number of nitrogens with zero attached hydrogens (tertiary/aromatic N) is 2. The van der Waals surface area contributed by atoms with Crippen LogP contribution in [0, 0.1) is 11.7 Å². The summed E-state index contributed by atoms with van der Waals surface area (Å²) in [4.78, 5) is 19.6. The van der Waals surface area contributed by atoms with E-state index in [9.17, 15) is 9.18 Å². The third kappa shape index (κ3) is 6.00. The number of rotatable bonds is 8. The fourth-order valence-corrected chi connectivity index (χ4v) is 4.71. The Bertz CT molecular complexity index is 1300. The maximum Gasteiger partial charge on any atom is 0.258 e. The van der Waals surface area contributed by atoms with Gasteiger partial charge in [-0.1, -0.05) is 54.6 Å². The number of carbonyl (C=O) groups is 1. The Kier molecular flexibility index (Phi) is 7.41. The first-order valence-electron chi connectivity index (χ1n) is 12.5. The van der Waals surface area contributed by atoms with Crippen molar-refractivity contribution in [3.63, 3.8) is 0 Å². The first kappa shape index (κ1) is 23.8. The van der Waals surface area contributed by atoms with Gasteiger partial charge in [0.15, 0.2) is 6.61 Å². The highest BCUT2D eigenvalue weighted by atomic mass is 19.1. The minimum absolute atomic E-state index is 0.114. The van der Waals surface area contributed by atoms with Gasteiger partial charge in [-0.25, -0.2) is 9.37 Å². The monoisotopic (exact) mass is 483 g/mol. The average Bonchev–Trinajstić information content (AvgIpc) is 2.92. The zero-order valence-electron chi connectivity index (χ0n) is 20.2. The molecule has 0 atom stereocenters. The van der Waals surface area contributed by atoms with E-state index in [1.807, 2.05) is 18.2 Å². The number of pyridine rings is 1. The number of carbonyl (C=O) groups excluding carboxylic acids is 1. The Hall–Kier alpha value is -3.93. The van der Waals surface area contributed by atoms with Crippen LogP contribution in [0.5, 0.6) is 5.75 Å². The Morgan fingerprint density at radius 1 is 0.917 bits per heavy atom. The number of aromatic nitrogens is 1. The lowest BCUT2D eigenvalue weighted by molar-refractivity contribution is -0.123. The predicted octanol–water partition coefficient (Wildman–Crippen LogP) is 5.53. The summed E-state index contributed by atoms with van der Waals surface area (Å²) >= 11 is 0. The van der Waals surface area contributed by atoms with Crippen LogP contribution in [-0.4, -0.2) is 30.6 Å². The molecule has 0 radical (unpaired) electrons. The molecule has 184 valence electrons. The van der Waals surface area contributed by atoms with E-state index in [1.165, 1.54) is 17.7 Å². The minimum atomic E-state index is -0.298. The Labute approximate surface area is 210 Å². The maximum absolute atomic E-state index is 13.1. The van der Waals surface area contributed by atoms with Gasteiger partial charge in [0.1, 0.15) is 22.9 Å². The molecule has 6 heteroatoms. The molecule has 1 N–H and O–H groups in total. The molecule has 2 heterocycles. The normalized spacial score (nSPS) is 14.1. The van der Waals surface area contributed by atoms with Crippen molar-refractivity contribution < 1.29 is 13.9 Å². The second-order valence-electron chi connectivity index (χ2n) is 9.31. The lowest BCUT2D eigenvalue weighted by Gasteiger charge is -2.33. The number of ether oxygens (including phenoxy) is 1. The molecule has 36 heavy (non-hydrogen) atoms. The van der Waals surface area contributed by atoms with Crippen LogP contribution >= 0.6 is 0 Å². The number of benzene rings is 3. The molecule has 3 aromatic carbocycles. The van der Waals surface area contributed by atoms with Crippen LogP contribution in [0.25, 0.3) is 10.9 Å². The highest BCUT2D eigenvalue weighted by Gasteiger charge is 2.21. The van der Waals surface area contributed by atoms with E-state index in [-0.39, 0.29) is 18.3 Å². The Morgan fingerprint density at radius 3 is 2.47 bits per heavy atom. The second kappa shape index (κ2) is 11.2. The molecule has 0 bridgehead atoms. The summed E-state index contributed by atoms with van der Waals surface area (Å²) in [5.41, 5.74) is 2.99. The van der Waals surface area contributed by atoms with Crippen LogP contribution in [0.1, 0.15) is 24.0 Å². The van der Waals surface area contributed by atoms with Gasteiger partial charge in [-0.05, 0) is 66.6 Å². The van der Waals surface area contributed by atoms with Gasteiger partial charge in [-0.15, -0.1) is 0 Å². The van der Waals surface area contributed by atoms with Crippen molar-refractivity contribution >= 4 is 22.6 Å². The average molecular weight is 484 g/mol. The fraction of sp³-hybridized carbons (Fsp3) is 0.267. The number of halogens is 1. The largest absolute Gasteiger partial charge is 0.481 e. The van der Waals surface area contributed by atoms with Crippen LogP contribution in [-0.2, 0) is 17.8 Å². The third-order valence-corrected chi connectivity index (χ3v) is 6.74. The number of anilines is 1. The molecule has 1 fully saturated rings. The van der Waals surface area contributed by atoms with E-state index in [2.05, 4.69) is 52.7 Å². The molecule has 5 nitrogen and oxygen atoms in total. The van der Waals surface area contributed by atoms with Crippen molar-refractivity contribution in [2.75, 3.05) is 24.6 Å². The Morgan fingerprint density at radius 2 is 1.69 bits per heavy atom. The SMILES string of the molecule is O=C(COc1cccc2ccc(N3CCC(Cc4ccccc4)CC3)nc12)NCc1ccc(F)cc1. The van der Waals surface area contributed by atoms with Crippen molar-refractivity contribution in [1.82, 2.24) is 10.3 Å². The van der Waals surface area contributed by atoms with Crippen molar-refractivity contribution in [2.24, 2.45) is 5.92 Å². The summed E-state index contributed by atoms with van der Waals surface area (Å²) < 4.78 is 18.9. The van der Waals surface area contributed by atoms with Gasteiger partial charge in [0.2, 0.25) is 0 Å². The van der Waals surface area contributed by atoms with E-state index < -0.39 is 0 Å². The van der Waals surface area contributed by atoms with Crippen molar-refractivity contribution in [1.29, 1.82) is 0 Å². The molecular formula is C30H30FN3O2. The molecule has 1 saturated heterocycles. The molecular weight excluding hydrogens is 453 g/mol. The summed E-state index contributed by atoms with van der Waals surface area (Å²) in [7, 11) is 0. The standard InChI is InChI=1S/C30H30FN3O2/c31-26-12-9-24(10-13-26)20-32-29(35)21-36-27-8-4-7-25-11-14-28(33-30(25)27)34-17-15-23(16-18-34)19-22-5-2-1-3-6-22/h1-14,23H,15-21H2,(H,32,35). The first-order valence-corrected chi connectivity index (χ1v) is 12.5. The van der Waals surface area contributed by atoms with Gasteiger partial charge in [-0.3, -0.25) is 4.79 Å². The third-order valence-electron chi connectivity index (χ3n) is 6.74. The number of nitrogens with one attached hydrogen (secondary N) is 1. The van der Waals surface area contributed by atoms with Crippen molar-refractivity contribution in [3.8, 4) is 5.75 Å². The summed E-state index contributed by atoms with van der Waals surface area (Å²) in [5.74, 6) is 1.68. The topological polar surface area (TPSA) is 54.5 Å². The molecule has 1 amide bonds. The highest BCUT2D eigenvalue weighted by molar-refractivity contribution is 5.86. The van der Waals surface area contributed by atoms with Gasteiger partial charge in [0.05, 0.1) is 0 Å². The zero-order chi connectivity index (χ0) is 24.7. The summed E-state index contributed by atoms with van der Waals surface area (Å²) in [6.45, 7) is 2.16. The van der Waals surface area contributed by atoms with E-state index in [4.69, 9.17) is 9.72 Å². The van der Waals surface area contributed by atoms with Crippen molar-refractivity contribution in [2.45, 2.75) is 25.8 Å². The van der Waals surface area contributed by atoms with E-state index in [0.717, 1.165) is 54.6 Å². The molecule has 0 saturated carbocycles. The highest BCUT2D eigenvalue weighted by Crippen LogP contribution is 2.29. The van der Waals surface area contributed by atoms with Crippen LogP contribution in [0.2, 0.25) is 0 Å². The van der Waals surface area contributed by atoms with Crippen LogP contribution < -0.4 is 15.0 Å². The number of hydrogen-bond donors (Lipinski definition) is 1. The maximum atomic E-state index is 13.1. The number of piperidine rings is 1. The molecule has 1 aromatic heterocycles. The van der Waals surface area contributed by atoms with Gasteiger partial charge in [-0.2, -0.15) is 0 Å². The number of fused-ring (bicyclic) bond motifs is 1. The van der Waals surface area contributed by atoms with Crippen molar-refractivity contribution in [3.05, 3.63) is 102 Å². The Balaban J connectivity index is 1.19. The van der Waals surface area contributed by atoms with E-state index >= 15 is 0 Å². The molecule has 1 aliphatic rings. The molecule has 0 aliphatic carbocycles. The molecule has 0 unspecified atom stereocenters. The summed E-state index contributed by atoms with van der Waals surface area (Å²) in [5, 5.41) is 3.78. The van der Waals surface area contributed by atoms with E-state index in [0.29, 0.717) is 18.2 Å². The summed E-state index contributed by atoms with van der Waals surface area (Å²) in [6.07, 6.45) is 3.41. The first-order chi connectivity index (χ1) is 17.6. The van der Waals surface area contributed by atoms with Crippen LogP contribution in [0.3, 0.4) is 0 Å². The zero-order valence-corrected chi connectivity index (χ0v) is 20.2. The lowest BCUT2D eigenvalue weighted by atomic mass is 9.90. The predicted molar refractivity (Wildman–Crippen MR) is 141 cm³/mol. The van der Waals surface area contributed by atoms with Crippen LogP contribution in [0.15, 0.2) is 84.9 Å². The second-order valence-corrected chi connectivity index (χ2v) is 9.31.